The molecule has 4 aromatic carbocycles. The summed E-state index contributed by atoms with van der Waals surface area (Å²) in [5.41, 5.74) is 18.0. The normalized spacial score (nSPS) is 24.5. The Labute approximate surface area is 348 Å². The largest absolute Gasteiger partial charge is 0.387 e. The number of benzene rings is 4. The quantitative estimate of drug-likeness (QED) is 0.192. The summed E-state index contributed by atoms with van der Waals surface area (Å²) < 4.78 is 2.54. The van der Waals surface area contributed by atoms with Gasteiger partial charge in [-0.25, -0.2) is 0 Å². The highest BCUT2D eigenvalue weighted by Gasteiger charge is 2.45. The zero-order chi connectivity index (χ0) is 39.2. The maximum absolute atomic E-state index is 3.45. The van der Waals surface area contributed by atoms with Crippen LogP contribution in [-0.4, -0.2) is 17.2 Å². The molecule has 290 valence electrons. The van der Waals surface area contributed by atoms with Crippen LogP contribution in [0, 0.1) is 11.8 Å². The molecule has 5 aliphatic carbocycles. The number of nitrogens with zero attached hydrogens (tertiary/aromatic N) is 2. The van der Waals surface area contributed by atoms with E-state index in [1.54, 1.807) is 0 Å². The lowest BCUT2D eigenvalue weighted by molar-refractivity contribution is 0.413. The minimum Gasteiger partial charge on any atom is -0.387 e. The Morgan fingerprint density at radius 2 is 1.66 bits per heavy atom. The molecule has 1 N–H and O–H groups in total. The molecule has 3 heterocycles. The van der Waals surface area contributed by atoms with Gasteiger partial charge in [0.2, 0.25) is 0 Å². The Hall–Kier alpha value is -6.06. The number of para-hydroxylation sites is 2. The summed E-state index contributed by atoms with van der Waals surface area (Å²) in [6, 6.07) is 34.9. The lowest BCUT2D eigenvalue weighted by Gasteiger charge is -2.35. The Balaban J connectivity index is 0.924. The summed E-state index contributed by atoms with van der Waals surface area (Å²) in [6.07, 6.45) is 33.8. The van der Waals surface area contributed by atoms with Crippen molar-refractivity contribution in [3.63, 3.8) is 0 Å². The highest BCUT2D eigenvalue weighted by atomic mass is 15.2. The first-order chi connectivity index (χ1) is 29.0. The van der Waals surface area contributed by atoms with Gasteiger partial charge in [0.1, 0.15) is 0 Å². The predicted molar refractivity (Wildman–Crippen MR) is 247 cm³/mol. The van der Waals surface area contributed by atoms with Crippen molar-refractivity contribution >= 4 is 45.5 Å². The molecule has 0 spiro atoms. The van der Waals surface area contributed by atoms with Gasteiger partial charge in [0, 0.05) is 57.6 Å². The topological polar surface area (TPSA) is 20.2 Å². The average molecular weight is 766 g/mol. The third-order valence-electron chi connectivity index (χ3n) is 14.7. The number of dihydropyridines is 1. The smallest absolute Gasteiger partial charge is 0.0629 e. The van der Waals surface area contributed by atoms with Crippen LogP contribution in [0.5, 0.6) is 0 Å². The number of hydrogen-bond acceptors (Lipinski definition) is 2. The third-order valence-corrected chi connectivity index (χ3v) is 14.7. The number of rotatable bonds is 5. The summed E-state index contributed by atoms with van der Waals surface area (Å²) in [5, 5.41) is 7.46. The third kappa shape index (κ3) is 5.47. The van der Waals surface area contributed by atoms with Crippen LogP contribution in [0.25, 0.3) is 45.5 Å². The van der Waals surface area contributed by atoms with Crippen molar-refractivity contribution in [1.82, 2.24) is 9.88 Å². The fraction of sp³-hybridized carbons (Fsp3) is 0.250. The van der Waals surface area contributed by atoms with E-state index in [-0.39, 0.29) is 11.5 Å². The zero-order valence-corrected chi connectivity index (χ0v) is 34.2. The molecule has 4 atom stereocenters. The number of nitrogens with one attached hydrogen (secondary N) is 1. The van der Waals surface area contributed by atoms with Gasteiger partial charge in [-0.3, -0.25) is 0 Å². The molecule has 0 bridgehead atoms. The highest BCUT2D eigenvalue weighted by molar-refractivity contribution is 5.87. The van der Waals surface area contributed by atoms with Gasteiger partial charge < -0.3 is 14.8 Å². The van der Waals surface area contributed by atoms with Crippen LogP contribution in [0.2, 0.25) is 0 Å². The molecule has 0 radical (unpaired) electrons. The number of fused-ring (bicyclic) bond motifs is 9. The zero-order valence-electron chi connectivity index (χ0n) is 34.2. The van der Waals surface area contributed by atoms with Crippen molar-refractivity contribution in [3.05, 3.63) is 195 Å². The molecule has 0 saturated heterocycles. The van der Waals surface area contributed by atoms with E-state index in [2.05, 4.69) is 187 Å². The van der Waals surface area contributed by atoms with Gasteiger partial charge in [-0.15, -0.1) is 0 Å². The minimum absolute atomic E-state index is 0.139. The molecule has 12 rings (SSSR count). The van der Waals surface area contributed by atoms with E-state index in [0.717, 1.165) is 25.8 Å². The van der Waals surface area contributed by atoms with Gasteiger partial charge >= 0.3 is 0 Å². The molecule has 0 amide bonds. The Morgan fingerprint density at radius 3 is 2.56 bits per heavy atom. The van der Waals surface area contributed by atoms with Crippen molar-refractivity contribution in [1.29, 1.82) is 0 Å². The second kappa shape index (κ2) is 13.5. The lowest BCUT2D eigenvalue weighted by atomic mass is 9.74. The summed E-state index contributed by atoms with van der Waals surface area (Å²) >= 11 is 0. The van der Waals surface area contributed by atoms with Crippen LogP contribution in [0.1, 0.15) is 86.1 Å². The van der Waals surface area contributed by atoms with E-state index in [1.165, 1.54) is 108 Å². The Morgan fingerprint density at radius 1 is 0.797 bits per heavy atom. The molecule has 5 aromatic rings. The second-order valence-electron chi connectivity index (χ2n) is 18.3. The number of anilines is 1. The molecular formula is C56H51N3. The Bertz CT molecular complexity index is 2950. The van der Waals surface area contributed by atoms with E-state index in [1.807, 2.05) is 0 Å². The molecule has 3 nitrogen and oxygen atoms in total. The van der Waals surface area contributed by atoms with Crippen molar-refractivity contribution < 1.29 is 0 Å². The molecule has 4 unspecified atom stereocenters. The molecular weight excluding hydrogens is 715 g/mol. The predicted octanol–water partition coefficient (Wildman–Crippen LogP) is 11.4. The van der Waals surface area contributed by atoms with Gasteiger partial charge in [-0.2, -0.15) is 0 Å². The molecule has 1 aromatic heterocycles. The van der Waals surface area contributed by atoms with Crippen molar-refractivity contribution in [2.45, 2.75) is 69.7 Å². The van der Waals surface area contributed by atoms with Crippen molar-refractivity contribution in [3.8, 4) is 5.69 Å². The summed E-state index contributed by atoms with van der Waals surface area (Å²) in [7, 11) is 0. The molecule has 0 fully saturated rings. The Kier molecular flexibility index (Phi) is 7.99. The second-order valence-corrected chi connectivity index (χ2v) is 18.3. The number of hydrogen-bond donors (Lipinski definition) is 1. The van der Waals surface area contributed by atoms with Crippen LogP contribution >= 0.6 is 0 Å². The number of allylic oxidation sites excluding steroid dienone is 9. The minimum atomic E-state index is 0.139. The van der Waals surface area contributed by atoms with Gasteiger partial charge in [-0.1, -0.05) is 129 Å². The van der Waals surface area contributed by atoms with Crippen LogP contribution in [0.3, 0.4) is 0 Å². The van der Waals surface area contributed by atoms with Gasteiger partial charge in [0.05, 0.1) is 11.6 Å². The summed E-state index contributed by atoms with van der Waals surface area (Å²) in [6.45, 7) is 5.75. The average Bonchev–Trinajstić information content (AvgIpc) is 3.89. The first-order valence-corrected chi connectivity index (χ1v) is 22.1. The highest BCUT2D eigenvalue weighted by Crippen LogP contribution is 2.55. The van der Waals surface area contributed by atoms with Crippen molar-refractivity contribution in [2.75, 3.05) is 11.4 Å². The van der Waals surface area contributed by atoms with Crippen LogP contribution in [0.4, 0.5) is 5.69 Å². The van der Waals surface area contributed by atoms with Crippen LogP contribution in [-0.2, 0) is 5.41 Å². The summed E-state index contributed by atoms with van der Waals surface area (Å²) in [4.78, 5) is 2.64. The fourth-order valence-corrected chi connectivity index (χ4v) is 11.7. The standard InChI is InChI=1S/C56H51N3/c1-56(2)50-19-9-6-16-44(50)47-34-42(24-25-51(47)56)58-52-20-10-7-17-45(52)48-32-37(22-26-54(48)58)38-23-27-55-49(33-38)46-18-8-11-21-53(46)59(55)43-30-40(36-13-4-3-5-14-36)29-41(31-43)39-15-12-28-57-35-39/h6-13,15-22,24,26-27,29-35,38,48,51,54,57H,3-5,14,23,25,28H2,1-2H3. The van der Waals surface area contributed by atoms with Gasteiger partial charge in [-0.05, 0) is 136 Å². The van der Waals surface area contributed by atoms with E-state index in [4.69, 9.17) is 0 Å². The van der Waals surface area contributed by atoms with E-state index >= 15 is 0 Å². The first kappa shape index (κ1) is 34.9. The fourth-order valence-electron chi connectivity index (χ4n) is 11.7. The molecule has 7 aliphatic rings. The molecule has 2 aliphatic heterocycles. The van der Waals surface area contributed by atoms with Gasteiger partial charge in [0.25, 0.3) is 0 Å². The molecule has 3 heteroatoms. The molecule has 0 saturated carbocycles. The van der Waals surface area contributed by atoms with E-state index in [0.29, 0.717) is 17.8 Å². The van der Waals surface area contributed by atoms with Crippen LogP contribution in [0.15, 0.2) is 157 Å². The molecule has 59 heavy (non-hydrogen) atoms. The van der Waals surface area contributed by atoms with Crippen LogP contribution < -0.4 is 20.8 Å². The van der Waals surface area contributed by atoms with E-state index < -0.39 is 0 Å². The van der Waals surface area contributed by atoms with Crippen molar-refractivity contribution in [2.24, 2.45) is 11.8 Å². The lowest BCUT2D eigenvalue weighted by Crippen LogP contribution is -2.35. The van der Waals surface area contributed by atoms with E-state index in [9.17, 15) is 0 Å². The first-order valence-electron chi connectivity index (χ1n) is 22.1. The summed E-state index contributed by atoms with van der Waals surface area (Å²) in [5.74, 6) is 1.13. The van der Waals surface area contributed by atoms with Gasteiger partial charge in [0.15, 0.2) is 0 Å². The maximum atomic E-state index is 3.45. The number of aromatic nitrogens is 1. The SMILES string of the molecule is CC1(C)c2ccccc2C2=CC(N3c4ccccc4C4C=C(C5C=c6c(n(-c7cc(C8=CNCC=C8)cc(C8=CCCCC8)c7)c7ccccc67)=CC5)C=CC43)=CCC21. The monoisotopic (exact) mass is 765 g/mol. The maximum Gasteiger partial charge on any atom is 0.0629 e.